The third-order valence-corrected chi connectivity index (χ3v) is 3.45. The van der Waals surface area contributed by atoms with Crippen LogP contribution in [0.25, 0.3) is 0 Å². The highest BCUT2D eigenvalue weighted by molar-refractivity contribution is 5.76. The van der Waals surface area contributed by atoms with Crippen molar-refractivity contribution < 1.29 is 19.4 Å². The van der Waals surface area contributed by atoms with Crippen LogP contribution in [0, 0.1) is 0 Å². The molecule has 2 rings (SSSR count). The second kappa shape index (κ2) is 8.67. The lowest BCUT2D eigenvalue weighted by Crippen LogP contribution is -2.26. The fourth-order valence-electron chi connectivity index (χ4n) is 2.18. The molecule has 6 heteroatoms. The number of aliphatic carboxylic acids is 1. The van der Waals surface area contributed by atoms with Crippen molar-refractivity contribution in [2.45, 2.75) is 25.8 Å². The minimum atomic E-state index is -1.02. The molecule has 6 nitrogen and oxygen atoms in total. The van der Waals surface area contributed by atoms with E-state index in [9.17, 15) is 9.59 Å². The maximum Gasteiger partial charge on any atom is 0.341 e. The van der Waals surface area contributed by atoms with Gasteiger partial charge in [0, 0.05) is 18.3 Å². The summed E-state index contributed by atoms with van der Waals surface area (Å²) in [6.07, 6.45) is 2.69. The summed E-state index contributed by atoms with van der Waals surface area (Å²) in [5, 5.41) is 11.5. The first-order valence-corrected chi connectivity index (χ1v) is 7.68. The Labute approximate surface area is 140 Å². The molecular formula is C18H20N2O4. The second-order valence-electron chi connectivity index (χ2n) is 5.36. The van der Waals surface area contributed by atoms with Crippen LogP contribution in [-0.2, 0) is 16.0 Å². The minimum absolute atomic E-state index is 0.0423. The van der Waals surface area contributed by atoms with Gasteiger partial charge in [0.2, 0.25) is 5.91 Å². The summed E-state index contributed by atoms with van der Waals surface area (Å²) in [6.45, 7) is 1.52. The molecule has 0 aliphatic rings. The molecular weight excluding hydrogens is 308 g/mol. The average Bonchev–Trinajstić information content (AvgIpc) is 2.59. The van der Waals surface area contributed by atoms with E-state index in [-0.39, 0.29) is 18.6 Å². The van der Waals surface area contributed by atoms with Crippen molar-refractivity contribution in [3.8, 4) is 5.75 Å². The predicted octanol–water partition coefficient (Wildman–Crippen LogP) is 2.36. The Morgan fingerprint density at radius 3 is 2.58 bits per heavy atom. The summed E-state index contributed by atoms with van der Waals surface area (Å²) in [5.41, 5.74) is 1.81. The Balaban J connectivity index is 1.81. The molecule has 1 amide bonds. The normalized spacial score (nSPS) is 11.5. The summed E-state index contributed by atoms with van der Waals surface area (Å²) >= 11 is 0. The van der Waals surface area contributed by atoms with Crippen LogP contribution < -0.4 is 10.1 Å². The molecule has 1 atom stereocenters. The third-order valence-electron chi connectivity index (χ3n) is 3.45. The van der Waals surface area contributed by atoms with Crippen molar-refractivity contribution in [1.82, 2.24) is 10.3 Å². The molecule has 126 valence electrons. The summed E-state index contributed by atoms with van der Waals surface area (Å²) in [6, 6.07) is 12.5. The number of hydrogen-bond acceptors (Lipinski definition) is 4. The van der Waals surface area contributed by atoms with Gasteiger partial charge in [-0.25, -0.2) is 4.79 Å². The Morgan fingerprint density at radius 1 is 1.21 bits per heavy atom. The molecule has 0 fully saturated rings. The maximum atomic E-state index is 12.0. The van der Waals surface area contributed by atoms with E-state index in [0.29, 0.717) is 18.6 Å². The summed E-state index contributed by atoms with van der Waals surface area (Å²) in [7, 11) is 0. The van der Waals surface area contributed by atoms with Crippen LogP contribution in [0.5, 0.6) is 5.75 Å². The molecule has 0 saturated carbocycles. The van der Waals surface area contributed by atoms with Crippen molar-refractivity contribution in [2.24, 2.45) is 0 Å². The molecule has 0 bridgehead atoms. The first-order valence-electron chi connectivity index (χ1n) is 7.68. The van der Waals surface area contributed by atoms with Crippen LogP contribution in [-0.4, -0.2) is 28.6 Å². The van der Waals surface area contributed by atoms with Gasteiger partial charge in [0.25, 0.3) is 0 Å². The summed E-state index contributed by atoms with van der Waals surface area (Å²) in [5.74, 6) is -0.582. The van der Waals surface area contributed by atoms with Gasteiger partial charge in [0.05, 0.1) is 6.04 Å². The number of benzene rings is 1. The lowest BCUT2D eigenvalue weighted by molar-refractivity contribution is -0.139. The quantitative estimate of drug-likeness (QED) is 0.776. The monoisotopic (exact) mass is 328 g/mol. The zero-order valence-electron chi connectivity index (χ0n) is 13.4. The largest absolute Gasteiger partial charge is 0.482 e. The average molecular weight is 328 g/mol. The number of hydrogen-bond donors (Lipinski definition) is 2. The van der Waals surface area contributed by atoms with Crippen molar-refractivity contribution in [3.05, 3.63) is 59.9 Å². The minimum Gasteiger partial charge on any atom is -0.482 e. The third kappa shape index (κ3) is 5.72. The number of carboxylic acid groups (broad SMARTS) is 1. The zero-order chi connectivity index (χ0) is 17.4. The van der Waals surface area contributed by atoms with E-state index in [1.165, 1.54) is 0 Å². The molecule has 24 heavy (non-hydrogen) atoms. The first-order chi connectivity index (χ1) is 11.5. The van der Waals surface area contributed by atoms with Crippen LogP contribution in [0.1, 0.15) is 30.6 Å². The molecule has 0 aliphatic heterocycles. The van der Waals surface area contributed by atoms with E-state index in [4.69, 9.17) is 9.84 Å². The number of rotatable bonds is 8. The fourth-order valence-corrected chi connectivity index (χ4v) is 2.18. The van der Waals surface area contributed by atoms with Gasteiger partial charge >= 0.3 is 5.97 Å². The fraction of sp³-hybridized carbons (Fsp3) is 0.278. The number of carbonyl (C=O) groups excluding carboxylic acids is 1. The number of aryl methyl sites for hydroxylation is 1. The van der Waals surface area contributed by atoms with E-state index >= 15 is 0 Å². The molecule has 0 aliphatic carbocycles. The molecule has 2 N–H and O–H groups in total. The molecule has 1 heterocycles. The maximum absolute atomic E-state index is 12.0. The number of nitrogens with one attached hydrogen (secondary N) is 1. The number of amides is 1. The van der Waals surface area contributed by atoms with Crippen LogP contribution in [0.4, 0.5) is 0 Å². The van der Waals surface area contributed by atoms with Gasteiger partial charge in [0.1, 0.15) is 5.75 Å². The SMILES string of the molecule is CC(NC(=O)CCc1ccccn1)c1ccc(OCC(=O)O)cc1. The molecule has 2 aromatic rings. The standard InChI is InChI=1S/C18H20N2O4/c1-13(14-5-8-16(9-6-14)24-12-18(22)23)20-17(21)10-7-15-4-2-3-11-19-15/h2-6,8-9,11,13H,7,10,12H2,1H3,(H,20,21)(H,22,23). The van der Waals surface area contributed by atoms with Crippen LogP contribution in [0.3, 0.4) is 0 Å². The highest BCUT2D eigenvalue weighted by Crippen LogP contribution is 2.17. The Bertz CT molecular complexity index is 671. The van der Waals surface area contributed by atoms with E-state index in [1.54, 1.807) is 30.5 Å². The number of nitrogens with zero attached hydrogens (tertiary/aromatic N) is 1. The van der Waals surface area contributed by atoms with Gasteiger partial charge < -0.3 is 15.2 Å². The zero-order valence-corrected chi connectivity index (χ0v) is 13.4. The number of carbonyl (C=O) groups is 2. The Kier molecular flexibility index (Phi) is 6.31. The smallest absolute Gasteiger partial charge is 0.341 e. The van der Waals surface area contributed by atoms with Crippen molar-refractivity contribution in [3.63, 3.8) is 0 Å². The molecule has 0 spiro atoms. The van der Waals surface area contributed by atoms with Crippen LogP contribution in [0.15, 0.2) is 48.7 Å². The van der Waals surface area contributed by atoms with E-state index < -0.39 is 5.97 Å². The lowest BCUT2D eigenvalue weighted by atomic mass is 10.1. The Morgan fingerprint density at radius 2 is 1.96 bits per heavy atom. The van der Waals surface area contributed by atoms with Gasteiger partial charge in [-0.05, 0) is 43.2 Å². The van der Waals surface area contributed by atoms with Crippen molar-refractivity contribution in [2.75, 3.05) is 6.61 Å². The highest BCUT2D eigenvalue weighted by atomic mass is 16.5. The van der Waals surface area contributed by atoms with Crippen LogP contribution >= 0.6 is 0 Å². The van der Waals surface area contributed by atoms with Crippen LogP contribution in [0.2, 0.25) is 0 Å². The number of carboxylic acids is 1. The number of pyridine rings is 1. The molecule has 1 aromatic heterocycles. The first kappa shape index (κ1) is 17.5. The van der Waals surface area contributed by atoms with Crippen molar-refractivity contribution in [1.29, 1.82) is 0 Å². The van der Waals surface area contributed by atoms with Gasteiger partial charge in [0.15, 0.2) is 6.61 Å². The highest BCUT2D eigenvalue weighted by Gasteiger charge is 2.10. The summed E-state index contributed by atoms with van der Waals surface area (Å²) < 4.78 is 5.08. The molecule has 0 radical (unpaired) electrons. The van der Waals surface area contributed by atoms with Gasteiger partial charge in [-0.3, -0.25) is 9.78 Å². The molecule has 1 aromatic carbocycles. The number of aromatic nitrogens is 1. The second-order valence-corrected chi connectivity index (χ2v) is 5.36. The van der Waals surface area contributed by atoms with E-state index in [2.05, 4.69) is 10.3 Å². The predicted molar refractivity (Wildman–Crippen MR) is 88.7 cm³/mol. The van der Waals surface area contributed by atoms with Gasteiger partial charge in [-0.15, -0.1) is 0 Å². The number of ether oxygens (including phenoxy) is 1. The Hall–Kier alpha value is -2.89. The topological polar surface area (TPSA) is 88.5 Å². The van der Waals surface area contributed by atoms with Crippen molar-refractivity contribution >= 4 is 11.9 Å². The lowest BCUT2D eigenvalue weighted by Gasteiger charge is -2.15. The van der Waals surface area contributed by atoms with E-state index in [0.717, 1.165) is 11.3 Å². The molecule has 0 saturated heterocycles. The van der Waals surface area contributed by atoms with E-state index in [1.807, 2.05) is 25.1 Å². The molecule has 1 unspecified atom stereocenters. The van der Waals surface area contributed by atoms with Gasteiger partial charge in [-0.1, -0.05) is 18.2 Å². The summed E-state index contributed by atoms with van der Waals surface area (Å²) in [4.78, 5) is 26.7. The van der Waals surface area contributed by atoms with Gasteiger partial charge in [-0.2, -0.15) is 0 Å².